The average molecular weight is 206 g/mol. The van der Waals surface area contributed by atoms with Crippen LogP contribution in [-0.4, -0.2) is 17.3 Å². The van der Waals surface area contributed by atoms with Gasteiger partial charge in [-0.3, -0.25) is 0 Å². The zero-order chi connectivity index (χ0) is 10.9. The van der Waals surface area contributed by atoms with E-state index in [2.05, 4.69) is 19.1 Å². The molecule has 1 fully saturated rings. The Labute approximate surface area is 90.9 Å². The molecule has 1 aliphatic rings. The van der Waals surface area contributed by atoms with Crippen LogP contribution in [0.3, 0.4) is 0 Å². The summed E-state index contributed by atoms with van der Waals surface area (Å²) >= 11 is 0. The number of ether oxygens (including phenoxy) is 1. The fourth-order valence-electron chi connectivity index (χ4n) is 2.25. The van der Waals surface area contributed by atoms with Crippen LogP contribution >= 0.6 is 0 Å². The Bertz CT molecular complexity index is 336. The summed E-state index contributed by atoms with van der Waals surface area (Å²) in [7, 11) is 0. The van der Waals surface area contributed by atoms with Gasteiger partial charge in [-0.25, -0.2) is 0 Å². The standard InChI is InChI=1S/C13H18O2/c1-12(10-14)8-9-13(2,15-12)11-6-4-3-5-7-11/h3-7,14H,8-10H2,1-2H3/t12-,13-/m0/s1. The highest BCUT2D eigenvalue weighted by Crippen LogP contribution is 2.43. The first-order valence-corrected chi connectivity index (χ1v) is 5.45. The summed E-state index contributed by atoms with van der Waals surface area (Å²) in [6.07, 6.45) is 1.88. The molecule has 0 aliphatic carbocycles. The lowest BCUT2D eigenvalue weighted by Crippen LogP contribution is -2.32. The Morgan fingerprint density at radius 1 is 1.20 bits per heavy atom. The molecule has 82 valence electrons. The number of hydrogen-bond donors (Lipinski definition) is 1. The number of aliphatic hydroxyl groups excluding tert-OH is 1. The van der Waals surface area contributed by atoms with Crippen molar-refractivity contribution in [3.8, 4) is 0 Å². The maximum atomic E-state index is 9.28. The molecule has 2 heteroatoms. The molecule has 2 nitrogen and oxygen atoms in total. The van der Waals surface area contributed by atoms with Gasteiger partial charge in [-0.15, -0.1) is 0 Å². The minimum atomic E-state index is -0.370. The van der Waals surface area contributed by atoms with Crippen molar-refractivity contribution >= 4 is 0 Å². The molecular formula is C13H18O2. The fraction of sp³-hybridized carbons (Fsp3) is 0.538. The molecule has 0 radical (unpaired) electrons. The van der Waals surface area contributed by atoms with Crippen molar-refractivity contribution in [1.29, 1.82) is 0 Å². The summed E-state index contributed by atoms with van der Waals surface area (Å²) in [4.78, 5) is 0. The summed E-state index contributed by atoms with van der Waals surface area (Å²) in [5.74, 6) is 0. The van der Waals surface area contributed by atoms with E-state index in [-0.39, 0.29) is 17.8 Å². The van der Waals surface area contributed by atoms with Gasteiger partial charge in [0, 0.05) is 0 Å². The highest BCUT2D eigenvalue weighted by atomic mass is 16.5. The summed E-state index contributed by atoms with van der Waals surface area (Å²) in [5, 5.41) is 9.28. The van der Waals surface area contributed by atoms with Crippen molar-refractivity contribution in [1.82, 2.24) is 0 Å². The third kappa shape index (κ3) is 1.92. The Kier molecular flexibility index (Phi) is 2.57. The quantitative estimate of drug-likeness (QED) is 0.805. The molecule has 2 rings (SSSR count). The summed E-state index contributed by atoms with van der Waals surface area (Å²) in [6, 6.07) is 10.2. The molecule has 0 spiro atoms. The van der Waals surface area contributed by atoms with Crippen LogP contribution in [0.4, 0.5) is 0 Å². The maximum absolute atomic E-state index is 9.28. The third-order valence-electron chi connectivity index (χ3n) is 3.32. The molecule has 0 aromatic heterocycles. The molecule has 1 aliphatic heterocycles. The van der Waals surface area contributed by atoms with Gasteiger partial charge in [0.2, 0.25) is 0 Å². The fourth-order valence-corrected chi connectivity index (χ4v) is 2.25. The lowest BCUT2D eigenvalue weighted by Gasteiger charge is -2.29. The molecule has 15 heavy (non-hydrogen) atoms. The first-order chi connectivity index (χ1) is 7.08. The SMILES string of the molecule is C[C@@]1(CO)CC[C@@](C)(c2ccccc2)O1. The van der Waals surface area contributed by atoms with Crippen LogP contribution in [0.2, 0.25) is 0 Å². The summed E-state index contributed by atoms with van der Waals surface area (Å²) in [5.41, 5.74) is 0.589. The topological polar surface area (TPSA) is 29.5 Å². The van der Waals surface area contributed by atoms with Gasteiger partial charge in [0.25, 0.3) is 0 Å². The first kappa shape index (κ1) is 10.7. The van der Waals surface area contributed by atoms with Crippen molar-refractivity contribution in [2.75, 3.05) is 6.61 Å². The van der Waals surface area contributed by atoms with E-state index in [1.54, 1.807) is 0 Å². The van der Waals surface area contributed by atoms with E-state index >= 15 is 0 Å². The van der Waals surface area contributed by atoms with E-state index in [0.29, 0.717) is 0 Å². The normalized spacial score (nSPS) is 35.7. The van der Waals surface area contributed by atoms with Gasteiger partial charge in [-0.05, 0) is 32.3 Å². The number of hydrogen-bond acceptors (Lipinski definition) is 2. The summed E-state index contributed by atoms with van der Waals surface area (Å²) in [6.45, 7) is 4.17. The van der Waals surface area contributed by atoms with Crippen molar-refractivity contribution in [3.05, 3.63) is 35.9 Å². The Morgan fingerprint density at radius 3 is 2.40 bits per heavy atom. The molecule has 1 aromatic rings. The lowest BCUT2D eigenvalue weighted by molar-refractivity contribution is -0.111. The van der Waals surface area contributed by atoms with Crippen molar-refractivity contribution < 1.29 is 9.84 Å². The van der Waals surface area contributed by atoms with Crippen LogP contribution in [-0.2, 0) is 10.3 Å². The van der Waals surface area contributed by atoms with Gasteiger partial charge >= 0.3 is 0 Å². The largest absolute Gasteiger partial charge is 0.393 e. The molecule has 0 unspecified atom stereocenters. The minimum absolute atomic E-state index is 0.0927. The van der Waals surface area contributed by atoms with Crippen LogP contribution in [0, 0.1) is 0 Å². The average Bonchev–Trinajstić information content (AvgIpc) is 2.59. The van der Waals surface area contributed by atoms with Crippen LogP contribution in [0.25, 0.3) is 0 Å². The number of aliphatic hydroxyl groups is 1. The summed E-state index contributed by atoms with van der Waals surface area (Å²) < 4.78 is 6.02. The van der Waals surface area contributed by atoms with Crippen LogP contribution < -0.4 is 0 Å². The Balaban J connectivity index is 2.24. The van der Waals surface area contributed by atoms with Gasteiger partial charge in [-0.1, -0.05) is 30.3 Å². The smallest absolute Gasteiger partial charge is 0.0912 e. The zero-order valence-corrected chi connectivity index (χ0v) is 9.36. The molecular weight excluding hydrogens is 188 g/mol. The van der Waals surface area contributed by atoms with E-state index in [4.69, 9.17) is 4.74 Å². The second-order valence-corrected chi connectivity index (χ2v) is 4.81. The van der Waals surface area contributed by atoms with Gasteiger partial charge < -0.3 is 9.84 Å². The van der Waals surface area contributed by atoms with Gasteiger partial charge in [0.1, 0.15) is 0 Å². The van der Waals surface area contributed by atoms with Crippen molar-refractivity contribution in [2.45, 2.75) is 37.9 Å². The first-order valence-electron chi connectivity index (χ1n) is 5.45. The van der Waals surface area contributed by atoms with Crippen LogP contribution in [0.15, 0.2) is 30.3 Å². The van der Waals surface area contributed by atoms with Crippen LogP contribution in [0.1, 0.15) is 32.3 Å². The van der Waals surface area contributed by atoms with Gasteiger partial charge in [0.15, 0.2) is 0 Å². The minimum Gasteiger partial charge on any atom is -0.393 e. The lowest BCUT2D eigenvalue weighted by atomic mass is 9.92. The highest BCUT2D eigenvalue weighted by molar-refractivity contribution is 5.23. The Morgan fingerprint density at radius 2 is 1.87 bits per heavy atom. The van der Waals surface area contributed by atoms with Crippen LogP contribution in [0.5, 0.6) is 0 Å². The molecule has 0 amide bonds. The molecule has 2 atom stereocenters. The second kappa shape index (κ2) is 3.62. The van der Waals surface area contributed by atoms with Crippen molar-refractivity contribution in [2.24, 2.45) is 0 Å². The number of benzene rings is 1. The third-order valence-corrected chi connectivity index (χ3v) is 3.32. The van der Waals surface area contributed by atoms with Crippen molar-refractivity contribution in [3.63, 3.8) is 0 Å². The van der Waals surface area contributed by atoms with Gasteiger partial charge in [0.05, 0.1) is 17.8 Å². The molecule has 0 saturated carbocycles. The zero-order valence-electron chi connectivity index (χ0n) is 9.36. The molecule has 0 bridgehead atoms. The van der Waals surface area contributed by atoms with E-state index < -0.39 is 0 Å². The molecule has 1 saturated heterocycles. The second-order valence-electron chi connectivity index (χ2n) is 4.81. The molecule has 1 aromatic carbocycles. The molecule has 1 heterocycles. The highest BCUT2D eigenvalue weighted by Gasteiger charge is 2.44. The monoisotopic (exact) mass is 206 g/mol. The van der Waals surface area contributed by atoms with Gasteiger partial charge in [-0.2, -0.15) is 0 Å². The molecule has 1 N–H and O–H groups in total. The number of rotatable bonds is 2. The van der Waals surface area contributed by atoms with E-state index in [0.717, 1.165) is 12.8 Å². The predicted molar refractivity (Wildman–Crippen MR) is 59.6 cm³/mol. The van der Waals surface area contributed by atoms with E-state index in [1.165, 1.54) is 5.56 Å². The van der Waals surface area contributed by atoms with E-state index in [1.807, 2.05) is 25.1 Å². The Hall–Kier alpha value is -0.860. The predicted octanol–water partition coefficient (Wildman–Crippen LogP) is 2.46. The van der Waals surface area contributed by atoms with E-state index in [9.17, 15) is 5.11 Å². The maximum Gasteiger partial charge on any atom is 0.0912 e.